The number of rotatable bonds is 3. The van der Waals surface area contributed by atoms with Gasteiger partial charge in [0.25, 0.3) is 5.89 Å². The van der Waals surface area contributed by atoms with Gasteiger partial charge in [0, 0.05) is 5.02 Å². The highest BCUT2D eigenvalue weighted by atomic mass is 35.5. The Balaban J connectivity index is 2.47. The third-order valence-electron chi connectivity index (χ3n) is 2.24. The van der Waals surface area contributed by atoms with Crippen LogP contribution in [-0.4, -0.2) is 17.3 Å². The quantitative estimate of drug-likeness (QED) is 0.909. The molecule has 1 unspecified atom stereocenters. The third kappa shape index (κ3) is 2.40. The second kappa shape index (κ2) is 4.73. The van der Waals surface area contributed by atoms with Gasteiger partial charge in [-0.1, -0.05) is 16.8 Å². The van der Waals surface area contributed by atoms with Gasteiger partial charge in [-0.05, 0) is 25.1 Å². The summed E-state index contributed by atoms with van der Waals surface area (Å²) in [6.45, 7) is 1.78. The first-order valence-corrected chi connectivity index (χ1v) is 5.42. The topological polar surface area (TPSA) is 74.2 Å². The molecule has 1 aromatic carbocycles. The molecule has 17 heavy (non-hydrogen) atoms. The van der Waals surface area contributed by atoms with Crippen LogP contribution in [0.15, 0.2) is 22.7 Å². The third-order valence-corrected chi connectivity index (χ3v) is 2.48. The first-order chi connectivity index (χ1) is 8.11. The van der Waals surface area contributed by atoms with Crippen LogP contribution in [0.3, 0.4) is 0 Å². The van der Waals surface area contributed by atoms with Crippen LogP contribution in [0.1, 0.15) is 18.8 Å². The van der Waals surface area contributed by atoms with Crippen LogP contribution >= 0.6 is 11.6 Å². The zero-order valence-electron chi connectivity index (χ0n) is 9.48. The Kier molecular flexibility index (Phi) is 3.31. The lowest BCUT2D eigenvalue weighted by Crippen LogP contribution is -2.06. The highest BCUT2D eigenvalue weighted by Crippen LogP contribution is 2.31. The SMILES string of the molecule is COc1ccc(Cl)cc1-c1nc(C(C)N)no1. The van der Waals surface area contributed by atoms with E-state index in [1.54, 1.807) is 32.2 Å². The van der Waals surface area contributed by atoms with Crippen molar-refractivity contribution in [1.29, 1.82) is 0 Å². The Morgan fingerprint density at radius 3 is 2.82 bits per heavy atom. The van der Waals surface area contributed by atoms with Gasteiger partial charge < -0.3 is 15.0 Å². The van der Waals surface area contributed by atoms with E-state index in [1.807, 2.05) is 0 Å². The first-order valence-electron chi connectivity index (χ1n) is 5.05. The molecule has 0 spiro atoms. The first kappa shape index (κ1) is 11.9. The normalized spacial score (nSPS) is 12.5. The van der Waals surface area contributed by atoms with Crippen molar-refractivity contribution in [3.8, 4) is 17.2 Å². The number of benzene rings is 1. The van der Waals surface area contributed by atoms with Gasteiger partial charge in [0.1, 0.15) is 5.75 Å². The van der Waals surface area contributed by atoms with E-state index < -0.39 is 0 Å². The molecule has 2 rings (SSSR count). The summed E-state index contributed by atoms with van der Waals surface area (Å²) in [5.41, 5.74) is 6.32. The molecule has 0 amide bonds. The molecular weight excluding hydrogens is 242 g/mol. The van der Waals surface area contributed by atoms with Crippen LogP contribution in [-0.2, 0) is 0 Å². The number of halogens is 1. The number of hydrogen-bond donors (Lipinski definition) is 1. The molecule has 1 aromatic heterocycles. The van der Waals surface area contributed by atoms with E-state index in [0.717, 1.165) is 0 Å². The highest BCUT2D eigenvalue weighted by Gasteiger charge is 2.15. The van der Waals surface area contributed by atoms with Crippen molar-refractivity contribution in [3.63, 3.8) is 0 Å². The minimum atomic E-state index is -0.280. The Labute approximate surface area is 104 Å². The summed E-state index contributed by atoms with van der Waals surface area (Å²) in [4.78, 5) is 4.19. The Morgan fingerprint density at radius 1 is 1.47 bits per heavy atom. The number of aromatic nitrogens is 2. The largest absolute Gasteiger partial charge is 0.496 e. The van der Waals surface area contributed by atoms with Crippen LogP contribution in [0, 0.1) is 0 Å². The molecule has 6 heteroatoms. The van der Waals surface area contributed by atoms with Crippen molar-refractivity contribution >= 4 is 11.6 Å². The molecule has 5 nitrogen and oxygen atoms in total. The second-order valence-electron chi connectivity index (χ2n) is 3.59. The van der Waals surface area contributed by atoms with E-state index in [9.17, 15) is 0 Å². The molecule has 0 bridgehead atoms. The molecule has 0 aliphatic rings. The fourth-order valence-corrected chi connectivity index (χ4v) is 1.55. The Bertz CT molecular complexity index is 525. The number of ether oxygens (including phenoxy) is 1. The number of methoxy groups -OCH3 is 1. The van der Waals surface area contributed by atoms with Crippen molar-refractivity contribution in [2.75, 3.05) is 7.11 Å². The van der Waals surface area contributed by atoms with E-state index in [0.29, 0.717) is 28.1 Å². The van der Waals surface area contributed by atoms with Crippen LogP contribution < -0.4 is 10.5 Å². The minimum absolute atomic E-state index is 0.280. The van der Waals surface area contributed by atoms with Gasteiger partial charge in [0.2, 0.25) is 0 Å². The van der Waals surface area contributed by atoms with Crippen LogP contribution in [0.25, 0.3) is 11.5 Å². The fourth-order valence-electron chi connectivity index (χ4n) is 1.38. The molecular formula is C11H12ClN3O2. The molecule has 1 heterocycles. The van der Waals surface area contributed by atoms with Gasteiger partial charge in [-0.25, -0.2) is 0 Å². The van der Waals surface area contributed by atoms with E-state index in [-0.39, 0.29) is 6.04 Å². The summed E-state index contributed by atoms with van der Waals surface area (Å²) < 4.78 is 10.3. The van der Waals surface area contributed by atoms with Crippen LogP contribution in [0.2, 0.25) is 5.02 Å². The molecule has 2 N–H and O–H groups in total. The van der Waals surface area contributed by atoms with Gasteiger partial charge in [0.15, 0.2) is 5.82 Å². The van der Waals surface area contributed by atoms with E-state index in [2.05, 4.69) is 10.1 Å². The predicted octanol–water partition coefficient (Wildman–Crippen LogP) is 2.42. The molecule has 0 aliphatic heterocycles. The molecule has 90 valence electrons. The van der Waals surface area contributed by atoms with Gasteiger partial charge in [0.05, 0.1) is 18.7 Å². The Hall–Kier alpha value is -1.59. The van der Waals surface area contributed by atoms with Gasteiger partial charge >= 0.3 is 0 Å². The van der Waals surface area contributed by atoms with Crippen molar-refractivity contribution in [2.45, 2.75) is 13.0 Å². The average Bonchev–Trinajstić information content (AvgIpc) is 2.78. The lowest BCUT2D eigenvalue weighted by atomic mass is 10.2. The second-order valence-corrected chi connectivity index (χ2v) is 4.03. The molecule has 0 saturated heterocycles. The van der Waals surface area contributed by atoms with E-state index in [4.69, 9.17) is 26.6 Å². The molecule has 0 fully saturated rings. The smallest absolute Gasteiger partial charge is 0.261 e. The number of nitrogens with zero attached hydrogens (tertiary/aromatic N) is 2. The number of hydrogen-bond acceptors (Lipinski definition) is 5. The molecule has 0 saturated carbocycles. The zero-order valence-corrected chi connectivity index (χ0v) is 10.2. The summed E-state index contributed by atoms with van der Waals surface area (Å²) in [6.07, 6.45) is 0. The minimum Gasteiger partial charge on any atom is -0.496 e. The maximum absolute atomic E-state index is 5.92. The standard InChI is InChI=1S/C11H12ClN3O2/c1-6(13)10-14-11(17-15-10)8-5-7(12)3-4-9(8)16-2/h3-6H,13H2,1-2H3. The summed E-state index contributed by atoms with van der Waals surface area (Å²) in [5, 5.41) is 4.36. The molecule has 0 aliphatic carbocycles. The highest BCUT2D eigenvalue weighted by molar-refractivity contribution is 6.30. The molecule has 2 aromatic rings. The van der Waals surface area contributed by atoms with Crippen molar-refractivity contribution in [3.05, 3.63) is 29.0 Å². The lowest BCUT2D eigenvalue weighted by molar-refractivity contribution is 0.401. The maximum Gasteiger partial charge on any atom is 0.261 e. The van der Waals surface area contributed by atoms with E-state index >= 15 is 0 Å². The average molecular weight is 254 g/mol. The van der Waals surface area contributed by atoms with Crippen molar-refractivity contribution in [2.24, 2.45) is 5.73 Å². The van der Waals surface area contributed by atoms with Gasteiger partial charge in [-0.3, -0.25) is 0 Å². The van der Waals surface area contributed by atoms with E-state index in [1.165, 1.54) is 0 Å². The monoisotopic (exact) mass is 253 g/mol. The Morgan fingerprint density at radius 2 is 2.24 bits per heavy atom. The summed E-state index contributed by atoms with van der Waals surface area (Å²) in [6, 6.07) is 4.90. The van der Waals surface area contributed by atoms with Crippen LogP contribution in [0.5, 0.6) is 5.75 Å². The lowest BCUT2D eigenvalue weighted by Gasteiger charge is -2.04. The zero-order chi connectivity index (χ0) is 12.4. The molecule has 1 atom stereocenters. The van der Waals surface area contributed by atoms with Crippen LogP contribution in [0.4, 0.5) is 0 Å². The summed E-state index contributed by atoms with van der Waals surface area (Å²) >= 11 is 5.92. The number of nitrogens with two attached hydrogens (primary N) is 1. The predicted molar refractivity (Wildman–Crippen MR) is 63.9 cm³/mol. The van der Waals surface area contributed by atoms with Gasteiger partial charge in [-0.2, -0.15) is 4.98 Å². The van der Waals surface area contributed by atoms with Crippen molar-refractivity contribution < 1.29 is 9.26 Å². The summed E-state index contributed by atoms with van der Waals surface area (Å²) in [5.74, 6) is 1.41. The van der Waals surface area contributed by atoms with Gasteiger partial charge in [-0.15, -0.1) is 0 Å². The molecule has 0 radical (unpaired) electrons. The maximum atomic E-state index is 5.92. The fraction of sp³-hybridized carbons (Fsp3) is 0.273. The summed E-state index contributed by atoms with van der Waals surface area (Å²) in [7, 11) is 1.57. The van der Waals surface area contributed by atoms with Crippen molar-refractivity contribution in [1.82, 2.24) is 10.1 Å².